The van der Waals surface area contributed by atoms with E-state index >= 15 is 0 Å². The predicted octanol–water partition coefficient (Wildman–Crippen LogP) is 1.43. The standard InChI is InChI=1S/C16H17ClN2O4S/c1-23-9-4-2-8(3-5-9)6-11-10(7-17)13(16(21)22)19-14(20)12(18)15(19)24-11/h2-5,11-12,15H,6-7,18H2,1H3,(H,21,22)/t11?,12-,15-/m1/s1. The summed E-state index contributed by atoms with van der Waals surface area (Å²) < 4.78 is 5.14. The van der Waals surface area contributed by atoms with E-state index in [1.807, 2.05) is 24.3 Å². The Morgan fingerprint density at radius 1 is 1.42 bits per heavy atom. The zero-order chi connectivity index (χ0) is 17.4. The lowest BCUT2D eigenvalue weighted by Crippen LogP contribution is -2.69. The Kier molecular flexibility index (Phi) is 4.76. The SMILES string of the molecule is COc1ccc(CC2S[C@@H]3[C@H](N)C(=O)N3C(C(=O)O)=C2CCl)cc1. The van der Waals surface area contributed by atoms with Gasteiger partial charge in [0.05, 0.1) is 7.11 Å². The van der Waals surface area contributed by atoms with Crippen LogP contribution in [0.15, 0.2) is 35.5 Å². The van der Waals surface area contributed by atoms with Crippen molar-refractivity contribution in [1.29, 1.82) is 0 Å². The van der Waals surface area contributed by atoms with Gasteiger partial charge in [0.25, 0.3) is 0 Å². The van der Waals surface area contributed by atoms with E-state index in [0.29, 0.717) is 12.0 Å². The second-order valence-corrected chi connectivity index (χ2v) is 7.21. The molecule has 8 heteroatoms. The van der Waals surface area contributed by atoms with Crippen LogP contribution >= 0.6 is 23.4 Å². The lowest BCUT2D eigenvalue weighted by Gasteiger charge is -2.50. The molecule has 3 atom stereocenters. The molecule has 1 aromatic rings. The molecule has 24 heavy (non-hydrogen) atoms. The highest BCUT2D eigenvalue weighted by atomic mass is 35.5. The number of carboxylic acids is 1. The molecule has 1 amide bonds. The van der Waals surface area contributed by atoms with Crippen molar-refractivity contribution in [3.8, 4) is 5.75 Å². The summed E-state index contributed by atoms with van der Waals surface area (Å²) in [6.45, 7) is 0. The molecule has 2 aliphatic rings. The first-order chi connectivity index (χ1) is 11.5. The number of benzene rings is 1. The van der Waals surface area contributed by atoms with E-state index in [1.165, 1.54) is 16.7 Å². The van der Waals surface area contributed by atoms with Crippen molar-refractivity contribution in [2.24, 2.45) is 5.73 Å². The summed E-state index contributed by atoms with van der Waals surface area (Å²) in [5.41, 5.74) is 7.42. The minimum absolute atomic E-state index is 0.0149. The molecule has 3 N–H and O–H groups in total. The number of carbonyl (C=O) groups excluding carboxylic acids is 1. The number of halogens is 1. The van der Waals surface area contributed by atoms with Crippen molar-refractivity contribution in [2.75, 3.05) is 13.0 Å². The molecular weight excluding hydrogens is 352 g/mol. The Bertz CT molecular complexity index is 707. The molecule has 1 aromatic carbocycles. The van der Waals surface area contributed by atoms with Gasteiger partial charge in [-0.25, -0.2) is 4.79 Å². The molecule has 0 radical (unpaired) electrons. The molecule has 1 saturated heterocycles. The maximum Gasteiger partial charge on any atom is 0.352 e. The molecule has 128 valence electrons. The zero-order valence-electron chi connectivity index (χ0n) is 12.9. The first-order valence-electron chi connectivity index (χ1n) is 7.37. The summed E-state index contributed by atoms with van der Waals surface area (Å²) in [6.07, 6.45) is 0.610. The smallest absolute Gasteiger partial charge is 0.352 e. The van der Waals surface area contributed by atoms with E-state index in [-0.39, 0.29) is 28.1 Å². The van der Waals surface area contributed by atoms with Gasteiger partial charge >= 0.3 is 5.97 Å². The van der Waals surface area contributed by atoms with Gasteiger partial charge in [-0.1, -0.05) is 12.1 Å². The molecule has 0 saturated carbocycles. The maximum absolute atomic E-state index is 11.9. The van der Waals surface area contributed by atoms with Gasteiger partial charge in [-0.05, 0) is 29.7 Å². The zero-order valence-corrected chi connectivity index (χ0v) is 14.5. The van der Waals surface area contributed by atoms with Crippen molar-refractivity contribution < 1.29 is 19.4 Å². The number of rotatable bonds is 5. The number of aliphatic carboxylic acids is 1. The van der Waals surface area contributed by atoms with Gasteiger partial charge in [-0.15, -0.1) is 23.4 Å². The molecule has 0 bridgehead atoms. The quantitative estimate of drug-likeness (QED) is 0.603. The van der Waals surface area contributed by atoms with E-state index in [1.54, 1.807) is 7.11 Å². The lowest BCUT2D eigenvalue weighted by atomic mass is 9.98. The number of nitrogens with zero attached hydrogens (tertiary/aromatic N) is 1. The minimum atomic E-state index is -1.14. The van der Waals surface area contributed by atoms with Crippen LogP contribution < -0.4 is 10.5 Å². The molecule has 2 heterocycles. The third kappa shape index (κ3) is 2.76. The molecule has 0 spiro atoms. The lowest BCUT2D eigenvalue weighted by molar-refractivity contribution is -0.148. The molecular formula is C16H17ClN2O4S. The molecule has 2 aliphatic heterocycles. The highest BCUT2D eigenvalue weighted by Crippen LogP contribution is 2.44. The fourth-order valence-corrected chi connectivity index (χ4v) is 4.97. The Morgan fingerprint density at radius 2 is 2.08 bits per heavy atom. The van der Waals surface area contributed by atoms with E-state index in [0.717, 1.165) is 11.3 Å². The van der Waals surface area contributed by atoms with E-state index < -0.39 is 12.0 Å². The predicted molar refractivity (Wildman–Crippen MR) is 92.1 cm³/mol. The van der Waals surface area contributed by atoms with Crippen molar-refractivity contribution in [3.63, 3.8) is 0 Å². The fraction of sp³-hybridized carbons (Fsp3) is 0.375. The summed E-state index contributed by atoms with van der Waals surface area (Å²) in [5.74, 6) is -0.695. The molecule has 1 fully saturated rings. The molecule has 3 rings (SSSR count). The van der Waals surface area contributed by atoms with E-state index in [9.17, 15) is 14.7 Å². The van der Waals surface area contributed by atoms with Crippen LogP contribution in [-0.2, 0) is 16.0 Å². The molecule has 0 aliphatic carbocycles. The van der Waals surface area contributed by atoms with Crippen LogP contribution in [0.3, 0.4) is 0 Å². The number of nitrogens with two attached hydrogens (primary N) is 1. The van der Waals surface area contributed by atoms with Crippen LogP contribution in [-0.4, -0.2) is 51.5 Å². The molecule has 1 unspecified atom stereocenters. The van der Waals surface area contributed by atoms with Crippen molar-refractivity contribution in [1.82, 2.24) is 4.90 Å². The highest BCUT2D eigenvalue weighted by molar-refractivity contribution is 8.00. The van der Waals surface area contributed by atoms with Gasteiger partial charge in [-0.2, -0.15) is 0 Å². The second-order valence-electron chi connectivity index (χ2n) is 5.61. The summed E-state index contributed by atoms with van der Waals surface area (Å²) >= 11 is 7.52. The number of fused-ring (bicyclic) bond motifs is 1. The van der Waals surface area contributed by atoms with E-state index in [4.69, 9.17) is 22.1 Å². The van der Waals surface area contributed by atoms with Gasteiger partial charge in [0.15, 0.2) is 0 Å². The van der Waals surface area contributed by atoms with E-state index in [2.05, 4.69) is 0 Å². The normalized spacial score (nSPS) is 26.0. The van der Waals surface area contributed by atoms with Crippen LogP contribution in [0.25, 0.3) is 0 Å². The Hall–Kier alpha value is -1.70. The van der Waals surface area contributed by atoms with Crippen LogP contribution in [0.2, 0.25) is 0 Å². The van der Waals surface area contributed by atoms with Gasteiger partial charge < -0.3 is 15.6 Å². The number of methoxy groups -OCH3 is 1. The van der Waals surface area contributed by atoms with Crippen molar-refractivity contribution in [3.05, 3.63) is 41.1 Å². The Labute approximate surface area is 148 Å². The van der Waals surface area contributed by atoms with Gasteiger partial charge in [-0.3, -0.25) is 9.69 Å². The summed E-state index contributed by atoms with van der Waals surface area (Å²) in [7, 11) is 1.60. The number of carboxylic acid groups (broad SMARTS) is 1. The third-order valence-corrected chi connectivity index (χ3v) is 6.10. The number of alkyl halides is 1. The first kappa shape index (κ1) is 17.1. The summed E-state index contributed by atoms with van der Waals surface area (Å²) in [5, 5.41) is 9.06. The Balaban J connectivity index is 1.92. The number of carbonyl (C=O) groups is 2. The van der Waals surface area contributed by atoms with Crippen LogP contribution in [0.4, 0.5) is 0 Å². The highest BCUT2D eigenvalue weighted by Gasteiger charge is 2.53. The number of β-lactam (4-membered cyclic amide) rings is 1. The number of ether oxygens (including phenoxy) is 1. The number of thioether (sulfide) groups is 1. The third-order valence-electron chi connectivity index (χ3n) is 4.25. The average molecular weight is 369 g/mol. The maximum atomic E-state index is 11.9. The number of amides is 1. The second kappa shape index (κ2) is 6.66. The first-order valence-corrected chi connectivity index (χ1v) is 8.85. The Morgan fingerprint density at radius 3 is 2.62 bits per heavy atom. The monoisotopic (exact) mass is 368 g/mol. The number of hydrogen-bond donors (Lipinski definition) is 2. The topological polar surface area (TPSA) is 92.9 Å². The van der Waals surface area contributed by atoms with Gasteiger partial charge in [0.2, 0.25) is 5.91 Å². The van der Waals surface area contributed by atoms with Crippen LogP contribution in [0, 0.1) is 0 Å². The molecule has 6 nitrogen and oxygen atoms in total. The largest absolute Gasteiger partial charge is 0.497 e. The van der Waals surface area contributed by atoms with Gasteiger partial charge in [0, 0.05) is 11.1 Å². The average Bonchev–Trinajstić information content (AvgIpc) is 2.60. The van der Waals surface area contributed by atoms with Crippen LogP contribution in [0.1, 0.15) is 5.56 Å². The fourth-order valence-electron chi connectivity index (χ4n) is 2.96. The summed E-state index contributed by atoms with van der Waals surface area (Å²) in [4.78, 5) is 24.9. The van der Waals surface area contributed by atoms with Crippen molar-refractivity contribution in [2.45, 2.75) is 23.1 Å². The van der Waals surface area contributed by atoms with Gasteiger partial charge in [0.1, 0.15) is 22.9 Å². The van der Waals surface area contributed by atoms with Crippen molar-refractivity contribution >= 4 is 35.2 Å². The minimum Gasteiger partial charge on any atom is -0.497 e. The summed E-state index contributed by atoms with van der Waals surface area (Å²) in [6, 6.07) is 6.92. The number of hydrogen-bond acceptors (Lipinski definition) is 5. The van der Waals surface area contributed by atoms with Crippen LogP contribution in [0.5, 0.6) is 5.75 Å². The molecule has 0 aromatic heterocycles.